The Morgan fingerprint density at radius 1 is 1.17 bits per heavy atom. The molecule has 1 N–H and O–H groups in total. The minimum absolute atomic E-state index is 0.217. The van der Waals surface area contributed by atoms with E-state index in [0.29, 0.717) is 12.8 Å². The SMILES string of the molecule is CC(C(=O)O)N(C)C(=O)c1ccc(S(=O)(=O)C2CCCC2)cc1. The van der Waals surface area contributed by atoms with E-state index in [1.54, 1.807) is 0 Å². The van der Waals surface area contributed by atoms with Crippen LogP contribution in [0.2, 0.25) is 0 Å². The Morgan fingerprint density at radius 2 is 1.70 bits per heavy atom. The highest BCUT2D eigenvalue weighted by atomic mass is 32.2. The van der Waals surface area contributed by atoms with Crippen molar-refractivity contribution in [2.75, 3.05) is 7.05 Å². The molecule has 1 aliphatic carbocycles. The molecule has 1 unspecified atom stereocenters. The summed E-state index contributed by atoms with van der Waals surface area (Å²) in [6, 6.07) is 4.79. The fourth-order valence-electron chi connectivity index (χ4n) is 2.72. The molecule has 1 fully saturated rings. The number of nitrogens with zero attached hydrogens (tertiary/aromatic N) is 1. The van der Waals surface area contributed by atoms with Crippen molar-refractivity contribution < 1.29 is 23.1 Å². The second kappa shape index (κ2) is 6.70. The minimum Gasteiger partial charge on any atom is -0.480 e. The van der Waals surface area contributed by atoms with Gasteiger partial charge in [-0.15, -0.1) is 0 Å². The summed E-state index contributed by atoms with van der Waals surface area (Å²) in [5.41, 5.74) is 0.269. The van der Waals surface area contributed by atoms with Gasteiger partial charge in [0.1, 0.15) is 6.04 Å². The number of carbonyl (C=O) groups is 2. The van der Waals surface area contributed by atoms with Gasteiger partial charge in [0, 0.05) is 12.6 Å². The summed E-state index contributed by atoms with van der Waals surface area (Å²) < 4.78 is 24.9. The van der Waals surface area contributed by atoms with Crippen molar-refractivity contribution >= 4 is 21.7 Å². The van der Waals surface area contributed by atoms with Gasteiger partial charge in [-0.2, -0.15) is 0 Å². The van der Waals surface area contributed by atoms with Crippen LogP contribution < -0.4 is 0 Å². The van der Waals surface area contributed by atoms with E-state index in [1.165, 1.54) is 38.2 Å². The summed E-state index contributed by atoms with van der Waals surface area (Å²) >= 11 is 0. The van der Waals surface area contributed by atoms with Crippen LogP contribution in [-0.2, 0) is 14.6 Å². The Hall–Kier alpha value is -1.89. The number of hydrogen-bond acceptors (Lipinski definition) is 4. The average molecular weight is 339 g/mol. The van der Waals surface area contributed by atoms with Gasteiger partial charge in [-0.1, -0.05) is 12.8 Å². The number of sulfone groups is 1. The molecule has 2 rings (SSSR count). The molecule has 1 amide bonds. The summed E-state index contributed by atoms with van der Waals surface area (Å²) in [4.78, 5) is 24.5. The molecule has 126 valence electrons. The summed E-state index contributed by atoms with van der Waals surface area (Å²) in [5, 5.41) is 8.61. The largest absolute Gasteiger partial charge is 0.480 e. The maximum absolute atomic E-state index is 12.5. The minimum atomic E-state index is -3.35. The van der Waals surface area contributed by atoms with Gasteiger partial charge in [0.15, 0.2) is 9.84 Å². The molecule has 7 heteroatoms. The monoisotopic (exact) mass is 339 g/mol. The molecular weight excluding hydrogens is 318 g/mol. The van der Waals surface area contributed by atoms with E-state index in [4.69, 9.17) is 5.11 Å². The smallest absolute Gasteiger partial charge is 0.326 e. The quantitative estimate of drug-likeness (QED) is 0.885. The van der Waals surface area contributed by atoms with E-state index in [-0.39, 0.29) is 15.7 Å². The summed E-state index contributed by atoms with van der Waals surface area (Å²) in [5.74, 6) is -1.55. The maximum Gasteiger partial charge on any atom is 0.326 e. The molecule has 0 aromatic heterocycles. The summed E-state index contributed by atoms with van der Waals surface area (Å²) in [6.07, 6.45) is 3.22. The molecule has 0 radical (unpaired) electrons. The Morgan fingerprint density at radius 3 is 2.17 bits per heavy atom. The standard InChI is InChI=1S/C16H21NO5S/c1-11(16(19)20)17(2)15(18)12-7-9-14(10-8-12)23(21,22)13-5-3-4-6-13/h7-11,13H,3-6H2,1-2H3,(H,19,20). The Balaban J connectivity index is 2.19. The van der Waals surface area contributed by atoms with E-state index in [1.807, 2.05) is 0 Å². The van der Waals surface area contributed by atoms with Crippen LogP contribution in [0.15, 0.2) is 29.2 Å². The highest BCUT2D eigenvalue weighted by Crippen LogP contribution is 2.29. The van der Waals surface area contributed by atoms with E-state index in [9.17, 15) is 18.0 Å². The van der Waals surface area contributed by atoms with E-state index >= 15 is 0 Å². The number of carboxylic acids is 1. The van der Waals surface area contributed by atoms with Gasteiger partial charge in [0.25, 0.3) is 5.91 Å². The van der Waals surface area contributed by atoms with Crippen LogP contribution >= 0.6 is 0 Å². The molecule has 1 aromatic carbocycles. The summed E-state index contributed by atoms with van der Waals surface area (Å²) in [7, 11) is -1.94. The molecule has 6 nitrogen and oxygen atoms in total. The van der Waals surface area contributed by atoms with E-state index < -0.39 is 27.8 Å². The number of carboxylic acid groups (broad SMARTS) is 1. The van der Waals surface area contributed by atoms with Gasteiger partial charge in [-0.3, -0.25) is 4.79 Å². The predicted octanol–water partition coefficient (Wildman–Crippen LogP) is 1.95. The molecule has 0 bridgehead atoms. The lowest BCUT2D eigenvalue weighted by atomic mass is 10.2. The predicted molar refractivity (Wildman–Crippen MR) is 85.1 cm³/mol. The first-order valence-corrected chi connectivity index (χ1v) is 9.13. The topological polar surface area (TPSA) is 91.8 Å². The number of carbonyl (C=O) groups excluding carboxylic acids is 1. The first kappa shape index (κ1) is 17.5. The lowest BCUT2D eigenvalue weighted by Crippen LogP contribution is -2.40. The fraction of sp³-hybridized carbons (Fsp3) is 0.500. The first-order chi connectivity index (χ1) is 10.7. The van der Waals surface area contributed by atoms with Crippen LogP contribution in [0.1, 0.15) is 43.0 Å². The lowest BCUT2D eigenvalue weighted by molar-refractivity contribution is -0.141. The van der Waals surface area contributed by atoms with Gasteiger partial charge >= 0.3 is 5.97 Å². The molecule has 1 atom stereocenters. The lowest BCUT2D eigenvalue weighted by Gasteiger charge is -2.21. The normalized spacial score (nSPS) is 17.0. The van der Waals surface area contributed by atoms with Crippen LogP contribution in [-0.4, -0.2) is 48.6 Å². The maximum atomic E-state index is 12.5. The molecule has 0 saturated heterocycles. The Bertz CT molecular complexity index is 690. The average Bonchev–Trinajstić information content (AvgIpc) is 3.08. The third kappa shape index (κ3) is 3.55. The number of aliphatic carboxylic acids is 1. The van der Waals surface area contributed by atoms with Crippen molar-refractivity contribution in [2.45, 2.75) is 48.8 Å². The molecule has 23 heavy (non-hydrogen) atoms. The van der Waals surface area contributed by atoms with Crippen molar-refractivity contribution in [3.05, 3.63) is 29.8 Å². The number of rotatable bonds is 5. The first-order valence-electron chi connectivity index (χ1n) is 7.59. The molecular formula is C16H21NO5S. The number of benzene rings is 1. The van der Waals surface area contributed by atoms with Crippen molar-refractivity contribution in [1.29, 1.82) is 0 Å². The molecule has 1 saturated carbocycles. The highest BCUT2D eigenvalue weighted by molar-refractivity contribution is 7.92. The molecule has 1 aromatic rings. The summed E-state index contributed by atoms with van der Waals surface area (Å²) in [6.45, 7) is 1.42. The van der Waals surface area contributed by atoms with Gasteiger partial charge in [-0.25, -0.2) is 13.2 Å². The third-order valence-electron chi connectivity index (χ3n) is 4.43. The fourth-order valence-corrected chi connectivity index (χ4v) is 4.58. The van der Waals surface area contributed by atoms with Crippen LogP contribution in [0.5, 0.6) is 0 Å². The van der Waals surface area contributed by atoms with Crippen LogP contribution in [0, 0.1) is 0 Å². The van der Waals surface area contributed by atoms with E-state index in [0.717, 1.165) is 17.7 Å². The molecule has 1 aliphatic rings. The number of amides is 1. The van der Waals surface area contributed by atoms with Gasteiger partial charge in [0.2, 0.25) is 0 Å². The van der Waals surface area contributed by atoms with Gasteiger partial charge in [-0.05, 0) is 44.0 Å². The Kier molecular flexibility index (Phi) is 5.09. The van der Waals surface area contributed by atoms with Crippen LogP contribution in [0.25, 0.3) is 0 Å². The second-order valence-corrected chi connectivity index (χ2v) is 8.13. The highest BCUT2D eigenvalue weighted by Gasteiger charge is 2.30. The van der Waals surface area contributed by atoms with Crippen molar-refractivity contribution in [3.63, 3.8) is 0 Å². The zero-order valence-electron chi connectivity index (χ0n) is 13.2. The van der Waals surface area contributed by atoms with Crippen molar-refractivity contribution in [1.82, 2.24) is 4.90 Å². The molecule has 0 heterocycles. The number of likely N-dealkylation sites (N-methyl/N-ethyl adjacent to an activating group) is 1. The molecule has 0 aliphatic heterocycles. The zero-order valence-corrected chi connectivity index (χ0v) is 14.0. The molecule has 0 spiro atoms. The zero-order chi connectivity index (χ0) is 17.2. The van der Waals surface area contributed by atoms with E-state index in [2.05, 4.69) is 0 Å². The number of hydrogen-bond donors (Lipinski definition) is 1. The van der Waals surface area contributed by atoms with Gasteiger partial charge in [0.05, 0.1) is 10.1 Å². The van der Waals surface area contributed by atoms with Crippen LogP contribution in [0.4, 0.5) is 0 Å². The Labute approximate surface area is 136 Å². The van der Waals surface area contributed by atoms with Crippen LogP contribution in [0.3, 0.4) is 0 Å². The van der Waals surface area contributed by atoms with Crippen molar-refractivity contribution in [3.8, 4) is 0 Å². The second-order valence-electron chi connectivity index (χ2n) is 5.91. The van der Waals surface area contributed by atoms with Crippen molar-refractivity contribution in [2.24, 2.45) is 0 Å². The third-order valence-corrected chi connectivity index (χ3v) is 6.71. The van der Waals surface area contributed by atoms with Gasteiger partial charge < -0.3 is 10.0 Å².